The topological polar surface area (TPSA) is 63.8 Å². The van der Waals surface area contributed by atoms with Crippen molar-refractivity contribution in [2.75, 3.05) is 7.11 Å². The number of aromatic carboxylic acids is 1. The van der Waals surface area contributed by atoms with Crippen molar-refractivity contribution in [3.63, 3.8) is 0 Å². The van der Waals surface area contributed by atoms with Crippen LogP contribution < -0.4 is 4.74 Å². The molecule has 0 saturated heterocycles. The number of nitrogens with zero attached hydrogens (tertiary/aromatic N) is 2. The van der Waals surface area contributed by atoms with Gasteiger partial charge in [-0.15, -0.1) is 0 Å². The van der Waals surface area contributed by atoms with Gasteiger partial charge in [-0.3, -0.25) is 0 Å². The van der Waals surface area contributed by atoms with E-state index in [2.05, 4.69) is 21.0 Å². The summed E-state index contributed by atoms with van der Waals surface area (Å²) in [6.45, 7) is 1.66. The van der Waals surface area contributed by atoms with Gasteiger partial charge in [0.2, 0.25) is 0 Å². The molecular weight excluding hydrogens is 276 g/mol. The van der Waals surface area contributed by atoms with Crippen molar-refractivity contribution in [2.45, 2.75) is 6.92 Å². The van der Waals surface area contributed by atoms with E-state index >= 15 is 0 Å². The van der Waals surface area contributed by atoms with Crippen LogP contribution in [0.5, 0.6) is 5.75 Å². The van der Waals surface area contributed by atoms with Crippen LogP contribution in [0.25, 0.3) is 5.52 Å². The number of hydrogen-bond donors (Lipinski definition) is 1. The van der Waals surface area contributed by atoms with Crippen LogP contribution in [-0.2, 0) is 0 Å². The number of carboxylic acid groups (broad SMARTS) is 1. The summed E-state index contributed by atoms with van der Waals surface area (Å²) in [4.78, 5) is 11.1. The molecule has 0 saturated carbocycles. The van der Waals surface area contributed by atoms with E-state index in [1.165, 1.54) is 11.6 Å². The zero-order valence-electron chi connectivity index (χ0n) is 8.69. The van der Waals surface area contributed by atoms with Gasteiger partial charge in [-0.2, -0.15) is 5.10 Å². The Bertz CT molecular complexity index is 577. The smallest absolute Gasteiger partial charge is 0.339 e. The fraction of sp³-hybridized carbons (Fsp3) is 0.200. The summed E-state index contributed by atoms with van der Waals surface area (Å²) in [7, 11) is 1.50. The molecule has 0 aromatic carbocycles. The lowest BCUT2D eigenvalue weighted by atomic mass is 10.2. The molecule has 6 heteroatoms. The van der Waals surface area contributed by atoms with Crippen molar-refractivity contribution in [3.05, 3.63) is 28.0 Å². The molecule has 0 atom stereocenters. The van der Waals surface area contributed by atoms with Gasteiger partial charge in [0.15, 0.2) is 0 Å². The van der Waals surface area contributed by atoms with Gasteiger partial charge in [0.05, 0.1) is 12.8 Å². The number of pyridine rings is 1. The first kappa shape index (κ1) is 10.9. The summed E-state index contributed by atoms with van der Waals surface area (Å²) in [6.07, 6.45) is 1.69. The molecule has 0 radical (unpaired) electrons. The van der Waals surface area contributed by atoms with Gasteiger partial charge in [-0.25, -0.2) is 9.31 Å². The summed E-state index contributed by atoms with van der Waals surface area (Å²) in [6, 6.07) is 1.71. The van der Waals surface area contributed by atoms with Gasteiger partial charge in [-0.05, 0) is 28.9 Å². The highest BCUT2D eigenvalue weighted by molar-refractivity contribution is 9.10. The molecule has 0 aliphatic heterocycles. The molecule has 1 N–H and O–H groups in total. The fourth-order valence-electron chi connectivity index (χ4n) is 1.64. The molecule has 0 spiro atoms. The molecule has 2 aromatic rings. The van der Waals surface area contributed by atoms with Crippen molar-refractivity contribution in [1.29, 1.82) is 0 Å². The predicted molar refractivity (Wildman–Crippen MR) is 61.1 cm³/mol. The van der Waals surface area contributed by atoms with E-state index < -0.39 is 5.97 Å². The summed E-state index contributed by atoms with van der Waals surface area (Å²) >= 11 is 3.31. The van der Waals surface area contributed by atoms with E-state index in [4.69, 9.17) is 9.84 Å². The second kappa shape index (κ2) is 3.79. The Kier molecular flexibility index (Phi) is 2.59. The summed E-state index contributed by atoms with van der Waals surface area (Å²) < 4.78 is 7.43. The number of aromatic nitrogens is 2. The third-order valence-electron chi connectivity index (χ3n) is 2.27. The lowest BCUT2D eigenvalue weighted by Gasteiger charge is -2.04. The summed E-state index contributed by atoms with van der Waals surface area (Å²) in [5.41, 5.74) is 1.10. The first-order chi connectivity index (χ1) is 7.54. The lowest BCUT2D eigenvalue weighted by molar-refractivity contribution is 0.0698. The Morgan fingerprint density at radius 2 is 2.31 bits per heavy atom. The van der Waals surface area contributed by atoms with Crippen LogP contribution in [0.1, 0.15) is 16.1 Å². The number of ether oxygens (including phenoxy) is 1. The second-order valence-electron chi connectivity index (χ2n) is 3.29. The number of halogens is 1. The highest BCUT2D eigenvalue weighted by Crippen LogP contribution is 2.28. The quantitative estimate of drug-likeness (QED) is 0.917. The Morgan fingerprint density at radius 1 is 1.62 bits per heavy atom. The zero-order chi connectivity index (χ0) is 11.9. The van der Waals surface area contributed by atoms with Crippen LogP contribution in [0.3, 0.4) is 0 Å². The number of aryl methyl sites for hydroxylation is 1. The molecule has 2 heterocycles. The van der Waals surface area contributed by atoms with Crippen LogP contribution in [0.15, 0.2) is 16.7 Å². The minimum absolute atomic E-state index is 0.171. The number of rotatable bonds is 2. The molecule has 2 aromatic heterocycles. The zero-order valence-corrected chi connectivity index (χ0v) is 10.3. The maximum Gasteiger partial charge on any atom is 0.339 e. The van der Waals surface area contributed by atoms with E-state index in [-0.39, 0.29) is 5.56 Å². The van der Waals surface area contributed by atoms with E-state index in [0.29, 0.717) is 17.0 Å². The summed E-state index contributed by atoms with van der Waals surface area (Å²) in [5.74, 6) is -0.527. The van der Waals surface area contributed by atoms with Crippen LogP contribution >= 0.6 is 15.9 Å². The Morgan fingerprint density at radius 3 is 2.88 bits per heavy atom. The fourth-order valence-corrected chi connectivity index (χ4v) is 2.04. The van der Waals surface area contributed by atoms with E-state index in [1.54, 1.807) is 19.2 Å². The molecule has 84 valence electrons. The molecule has 16 heavy (non-hydrogen) atoms. The van der Waals surface area contributed by atoms with Crippen molar-refractivity contribution in [3.8, 4) is 5.75 Å². The standard InChI is InChI=1S/C10H9BrN2O3/c1-5-8(10(14)15)9-7(16-2)3-6(11)4-13(9)12-5/h3-4H,1-2H3,(H,14,15). The van der Waals surface area contributed by atoms with Gasteiger partial charge in [0.25, 0.3) is 0 Å². The van der Waals surface area contributed by atoms with E-state index in [9.17, 15) is 4.79 Å². The average Bonchev–Trinajstić information content (AvgIpc) is 2.52. The number of hydrogen-bond acceptors (Lipinski definition) is 3. The number of carboxylic acids is 1. The van der Waals surface area contributed by atoms with Crippen LogP contribution in [0.4, 0.5) is 0 Å². The van der Waals surface area contributed by atoms with Crippen molar-refractivity contribution >= 4 is 27.4 Å². The molecule has 5 nitrogen and oxygen atoms in total. The number of carbonyl (C=O) groups is 1. The Balaban J connectivity index is 2.91. The molecule has 0 amide bonds. The predicted octanol–water partition coefficient (Wildman–Crippen LogP) is 2.11. The van der Waals surface area contributed by atoms with Gasteiger partial charge in [0, 0.05) is 10.7 Å². The second-order valence-corrected chi connectivity index (χ2v) is 4.20. The van der Waals surface area contributed by atoms with Crippen LogP contribution in [0, 0.1) is 6.92 Å². The molecule has 2 rings (SSSR count). The van der Waals surface area contributed by atoms with E-state index in [0.717, 1.165) is 4.47 Å². The van der Waals surface area contributed by atoms with Crippen molar-refractivity contribution in [1.82, 2.24) is 9.61 Å². The van der Waals surface area contributed by atoms with Gasteiger partial charge < -0.3 is 9.84 Å². The van der Waals surface area contributed by atoms with E-state index in [1.807, 2.05) is 0 Å². The third kappa shape index (κ3) is 1.55. The molecular formula is C10H9BrN2O3. The average molecular weight is 285 g/mol. The largest absolute Gasteiger partial charge is 0.494 e. The SMILES string of the molecule is COc1cc(Br)cn2nc(C)c(C(=O)O)c12. The van der Waals surface area contributed by atoms with Crippen LogP contribution in [0.2, 0.25) is 0 Å². The monoisotopic (exact) mass is 284 g/mol. The highest BCUT2D eigenvalue weighted by atomic mass is 79.9. The third-order valence-corrected chi connectivity index (χ3v) is 2.70. The van der Waals surface area contributed by atoms with Gasteiger partial charge in [-0.1, -0.05) is 0 Å². The van der Waals surface area contributed by atoms with Crippen molar-refractivity contribution in [2.24, 2.45) is 0 Å². The first-order valence-electron chi connectivity index (χ1n) is 4.50. The van der Waals surface area contributed by atoms with Gasteiger partial charge >= 0.3 is 5.97 Å². The highest BCUT2D eigenvalue weighted by Gasteiger charge is 2.19. The Labute approximate surface area is 99.8 Å². The minimum Gasteiger partial charge on any atom is -0.494 e. The normalized spacial score (nSPS) is 10.7. The first-order valence-corrected chi connectivity index (χ1v) is 5.29. The number of methoxy groups -OCH3 is 1. The molecule has 0 fully saturated rings. The molecule has 0 aliphatic carbocycles. The molecule has 0 aliphatic rings. The maximum absolute atomic E-state index is 11.1. The number of fused-ring (bicyclic) bond motifs is 1. The molecule has 0 bridgehead atoms. The maximum atomic E-state index is 11.1. The van der Waals surface area contributed by atoms with Gasteiger partial charge in [0.1, 0.15) is 16.8 Å². The molecule has 0 unspecified atom stereocenters. The minimum atomic E-state index is -1.01. The lowest BCUT2D eigenvalue weighted by Crippen LogP contribution is -1.99. The van der Waals surface area contributed by atoms with Crippen molar-refractivity contribution < 1.29 is 14.6 Å². The van der Waals surface area contributed by atoms with Crippen LogP contribution in [-0.4, -0.2) is 27.8 Å². The summed E-state index contributed by atoms with van der Waals surface area (Å²) in [5, 5.41) is 13.3. The Hall–Kier alpha value is -1.56.